The van der Waals surface area contributed by atoms with Gasteiger partial charge >= 0.3 is 0 Å². The minimum atomic E-state index is 0.157. The minimum Gasteiger partial charge on any atom is -0.309 e. The highest BCUT2D eigenvalue weighted by Crippen LogP contribution is 2.94. The first kappa shape index (κ1) is 31.8. The molecule has 0 aromatic heterocycles. The number of fused-ring (bicyclic) bond motifs is 8. The maximum atomic E-state index is 2.66. The molecule has 2 spiro atoms. The predicted molar refractivity (Wildman–Crippen MR) is 232 cm³/mol. The molecule has 1 heteroatoms. The molecule has 0 N–H and O–H groups in total. The van der Waals surface area contributed by atoms with Crippen LogP contribution in [0.5, 0.6) is 0 Å². The predicted octanol–water partition coefficient (Wildman–Crippen LogP) is 14.6. The fourth-order valence-corrected chi connectivity index (χ4v) is 14.3. The van der Waals surface area contributed by atoms with E-state index in [9.17, 15) is 0 Å². The van der Waals surface area contributed by atoms with E-state index in [0.717, 1.165) is 23.7 Å². The van der Waals surface area contributed by atoms with Crippen LogP contribution in [0.3, 0.4) is 0 Å². The van der Waals surface area contributed by atoms with Crippen molar-refractivity contribution < 1.29 is 0 Å². The van der Waals surface area contributed by atoms with E-state index in [1.165, 1.54) is 118 Å². The Morgan fingerprint density at radius 1 is 0.464 bits per heavy atom. The highest BCUT2D eigenvalue weighted by Gasteiger charge is 2.90. The molecule has 13 rings (SSSR count). The highest BCUT2D eigenvalue weighted by atomic mass is 15.1. The third-order valence-electron chi connectivity index (χ3n) is 16.3. The first-order valence-corrected chi connectivity index (χ1v) is 21.6. The average molecular weight is 722 g/mol. The number of rotatable bonds is 6. The van der Waals surface area contributed by atoms with Crippen LogP contribution in [0.4, 0.5) is 17.1 Å². The maximum absolute atomic E-state index is 2.66. The summed E-state index contributed by atoms with van der Waals surface area (Å²) >= 11 is 0. The number of anilines is 3. The lowest BCUT2D eigenvalue weighted by Gasteiger charge is -2.92. The van der Waals surface area contributed by atoms with E-state index in [4.69, 9.17) is 0 Å². The molecule has 0 amide bonds. The van der Waals surface area contributed by atoms with Gasteiger partial charge in [-0.25, -0.2) is 0 Å². The Morgan fingerprint density at radius 3 is 1.86 bits per heavy atom. The summed E-state index contributed by atoms with van der Waals surface area (Å²) in [5.41, 5.74) is 17.4. The van der Waals surface area contributed by atoms with Crippen LogP contribution in [0.25, 0.3) is 44.2 Å². The van der Waals surface area contributed by atoms with Gasteiger partial charge in [-0.05, 0) is 141 Å². The third kappa shape index (κ3) is 3.87. The normalized spacial score (nSPS) is 27.5. The van der Waals surface area contributed by atoms with Gasteiger partial charge in [0.1, 0.15) is 0 Å². The molecule has 4 unspecified atom stereocenters. The van der Waals surface area contributed by atoms with Crippen LogP contribution in [0.15, 0.2) is 158 Å². The zero-order valence-corrected chi connectivity index (χ0v) is 32.0. The second kappa shape index (κ2) is 11.6. The Morgan fingerprint density at radius 2 is 1.09 bits per heavy atom. The molecule has 7 aromatic carbocycles. The SMILES string of the molecule is c1ccc(-c2ccccc2N(c2ccc3c(c2)C2(c4ccccc4-3)C3CC4CC5CC2C453)c2ccccc2-c2cccc3cccc(C4CCCCC4)c23)cc1. The van der Waals surface area contributed by atoms with Crippen molar-refractivity contribution in [3.05, 3.63) is 174 Å². The van der Waals surface area contributed by atoms with Gasteiger partial charge in [-0.1, -0.05) is 153 Å². The van der Waals surface area contributed by atoms with Crippen molar-refractivity contribution in [2.75, 3.05) is 4.90 Å². The Labute approximate surface area is 331 Å². The van der Waals surface area contributed by atoms with Crippen LogP contribution < -0.4 is 4.90 Å². The Bertz CT molecular complexity index is 2690. The van der Waals surface area contributed by atoms with Crippen molar-refractivity contribution in [1.82, 2.24) is 0 Å². The topological polar surface area (TPSA) is 3.24 Å². The van der Waals surface area contributed by atoms with Crippen molar-refractivity contribution in [3.8, 4) is 33.4 Å². The largest absolute Gasteiger partial charge is 0.309 e. The van der Waals surface area contributed by atoms with Gasteiger partial charge in [0.2, 0.25) is 0 Å². The second-order valence-corrected chi connectivity index (χ2v) is 18.2. The lowest BCUT2D eigenvalue weighted by molar-refractivity contribution is -0.412. The summed E-state index contributed by atoms with van der Waals surface area (Å²) in [7, 11) is 0. The van der Waals surface area contributed by atoms with Gasteiger partial charge in [0.15, 0.2) is 0 Å². The third-order valence-corrected chi connectivity index (χ3v) is 16.3. The summed E-state index contributed by atoms with van der Waals surface area (Å²) in [5.74, 6) is 4.18. The van der Waals surface area contributed by atoms with Crippen molar-refractivity contribution in [2.24, 2.45) is 29.1 Å². The average Bonchev–Trinajstić information content (AvgIpc) is 3.53. The molecular formula is C55H47N. The van der Waals surface area contributed by atoms with Gasteiger partial charge in [-0.15, -0.1) is 0 Å². The van der Waals surface area contributed by atoms with Crippen LogP contribution in [0.2, 0.25) is 0 Å². The Hall–Kier alpha value is -5.40. The summed E-state index contributed by atoms with van der Waals surface area (Å²) in [6.45, 7) is 0. The zero-order chi connectivity index (χ0) is 36.6. The molecule has 4 atom stereocenters. The van der Waals surface area contributed by atoms with Gasteiger partial charge in [0.05, 0.1) is 11.4 Å². The molecular weight excluding hydrogens is 675 g/mol. The van der Waals surface area contributed by atoms with Gasteiger partial charge in [0.25, 0.3) is 0 Å². The molecule has 272 valence electrons. The summed E-state index contributed by atoms with van der Waals surface area (Å²) in [6, 6.07) is 60.6. The number of hydrogen-bond acceptors (Lipinski definition) is 1. The summed E-state index contributed by atoms with van der Waals surface area (Å²) < 4.78 is 0. The number of benzene rings is 7. The Balaban J connectivity index is 1.05. The molecule has 0 radical (unpaired) electrons. The van der Waals surface area contributed by atoms with Crippen molar-refractivity contribution in [2.45, 2.75) is 62.7 Å². The fourth-order valence-electron chi connectivity index (χ4n) is 14.3. The Kier molecular flexibility index (Phi) is 6.57. The zero-order valence-electron chi connectivity index (χ0n) is 32.0. The highest BCUT2D eigenvalue weighted by molar-refractivity contribution is 6.04. The number of nitrogens with zero attached hydrogens (tertiary/aromatic N) is 1. The van der Waals surface area contributed by atoms with Crippen LogP contribution in [-0.2, 0) is 5.41 Å². The smallest absolute Gasteiger partial charge is 0.0540 e. The molecule has 0 bridgehead atoms. The number of hydrogen-bond donors (Lipinski definition) is 0. The summed E-state index contributed by atoms with van der Waals surface area (Å²) in [5, 5.41) is 2.79. The first-order chi connectivity index (χ1) is 27.8. The van der Waals surface area contributed by atoms with Crippen molar-refractivity contribution in [3.63, 3.8) is 0 Å². The maximum Gasteiger partial charge on any atom is 0.0540 e. The minimum absolute atomic E-state index is 0.157. The summed E-state index contributed by atoms with van der Waals surface area (Å²) in [4.78, 5) is 2.63. The first-order valence-electron chi connectivity index (χ1n) is 21.6. The van der Waals surface area contributed by atoms with Crippen LogP contribution >= 0.6 is 0 Å². The molecule has 56 heavy (non-hydrogen) atoms. The fraction of sp³-hybridized carbons (Fsp3) is 0.273. The van der Waals surface area contributed by atoms with Gasteiger partial charge in [0, 0.05) is 22.2 Å². The van der Waals surface area contributed by atoms with Crippen LogP contribution in [0, 0.1) is 29.1 Å². The van der Waals surface area contributed by atoms with E-state index in [1.54, 1.807) is 11.1 Å². The quantitative estimate of drug-likeness (QED) is 0.165. The lowest BCUT2D eigenvalue weighted by atomic mass is 9.11. The van der Waals surface area contributed by atoms with E-state index >= 15 is 0 Å². The van der Waals surface area contributed by atoms with E-state index in [2.05, 4.69) is 163 Å². The lowest BCUT2D eigenvalue weighted by Crippen LogP contribution is -2.88. The molecule has 6 aliphatic carbocycles. The molecule has 7 aromatic rings. The standard InChI is InChI=1S/C55H47N/c1-3-15-35(16-4-1)41-21-8-11-27-49(41)56(50-28-12-9-23-45(50)46-25-14-20-37-19-13-24-42(53(37)46)36-17-5-2-6-18-36)40-29-30-44-43-22-7-10-26-47(43)55(48(44)34-40)51-32-38-31-39-33-52(55)54(38,39)51/h1,3-4,7-16,19-30,34,36,38-39,51-52H,2,5-6,17-18,31-33H2. The van der Waals surface area contributed by atoms with Gasteiger partial charge in [-0.2, -0.15) is 0 Å². The van der Waals surface area contributed by atoms with E-state index in [1.807, 2.05) is 0 Å². The molecule has 0 aliphatic heterocycles. The van der Waals surface area contributed by atoms with Gasteiger partial charge < -0.3 is 4.90 Å². The molecule has 6 aliphatic rings. The van der Waals surface area contributed by atoms with E-state index in [-0.39, 0.29) is 5.41 Å². The molecule has 0 heterocycles. The molecule has 0 saturated heterocycles. The van der Waals surface area contributed by atoms with Crippen molar-refractivity contribution in [1.29, 1.82) is 0 Å². The number of para-hydroxylation sites is 2. The van der Waals surface area contributed by atoms with E-state index < -0.39 is 0 Å². The molecule has 1 nitrogen and oxygen atoms in total. The van der Waals surface area contributed by atoms with Gasteiger partial charge in [-0.3, -0.25) is 0 Å². The monoisotopic (exact) mass is 721 g/mol. The summed E-state index contributed by atoms with van der Waals surface area (Å²) in [6.07, 6.45) is 10.9. The van der Waals surface area contributed by atoms with Crippen LogP contribution in [0.1, 0.15) is 74.0 Å². The second-order valence-electron chi connectivity index (χ2n) is 18.2. The molecule has 5 fully saturated rings. The van der Waals surface area contributed by atoms with Crippen LogP contribution in [-0.4, -0.2) is 0 Å². The van der Waals surface area contributed by atoms with E-state index in [0.29, 0.717) is 11.3 Å². The molecule has 5 saturated carbocycles. The van der Waals surface area contributed by atoms with Crippen molar-refractivity contribution >= 4 is 27.8 Å².